The fourth-order valence-corrected chi connectivity index (χ4v) is 1.62. The Kier molecular flexibility index (Phi) is 4.73. The standard InChI is InChI=1S/C12H14N2O6/c1-7-13-8(5-9(14-7)18-2)12(6-15,10(16)19-3)11(17)20-4/h5-6H,1-4H3. The Morgan fingerprint density at radius 1 is 1.15 bits per heavy atom. The van der Waals surface area contributed by atoms with Crippen molar-refractivity contribution >= 4 is 18.2 Å². The van der Waals surface area contributed by atoms with E-state index in [1.54, 1.807) is 0 Å². The van der Waals surface area contributed by atoms with Crippen LogP contribution in [0.15, 0.2) is 6.07 Å². The lowest BCUT2D eigenvalue weighted by Crippen LogP contribution is -2.47. The van der Waals surface area contributed by atoms with E-state index in [1.807, 2.05) is 0 Å². The quantitative estimate of drug-likeness (QED) is 0.407. The third kappa shape index (κ3) is 2.44. The van der Waals surface area contributed by atoms with Crippen LogP contribution >= 0.6 is 0 Å². The third-order valence-electron chi connectivity index (χ3n) is 2.62. The Balaban J connectivity index is 3.59. The second-order valence-corrected chi connectivity index (χ2v) is 3.75. The van der Waals surface area contributed by atoms with E-state index in [0.29, 0.717) is 0 Å². The van der Waals surface area contributed by atoms with Crippen LogP contribution in [0.5, 0.6) is 5.88 Å². The van der Waals surface area contributed by atoms with Gasteiger partial charge in [0.2, 0.25) is 5.88 Å². The highest BCUT2D eigenvalue weighted by Crippen LogP contribution is 2.26. The number of nitrogens with zero attached hydrogens (tertiary/aromatic N) is 2. The molecule has 8 heteroatoms. The number of aryl methyl sites for hydroxylation is 1. The molecule has 0 aliphatic rings. The summed E-state index contributed by atoms with van der Waals surface area (Å²) in [6.07, 6.45) is 0.131. The Morgan fingerprint density at radius 2 is 1.70 bits per heavy atom. The van der Waals surface area contributed by atoms with Crippen molar-refractivity contribution < 1.29 is 28.6 Å². The van der Waals surface area contributed by atoms with Crippen LogP contribution in [-0.4, -0.2) is 49.5 Å². The van der Waals surface area contributed by atoms with Crippen molar-refractivity contribution in [3.05, 3.63) is 17.6 Å². The predicted molar refractivity (Wildman–Crippen MR) is 65.1 cm³/mol. The number of ether oxygens (including phenoxy) is 3. The van der Waals surface area contributed by atoms with Crippen LogP contribution in [0.3, 0.4) is 0 Å². The van der Waals surface area contributed by atoms with E-state index in [-0.39, 0.29) is 23.7 Å². The van der Waals surface area contributed by atoms with Crippen LogP contribution in [0.2, 0.25) is 0 Å². The Bertz CT molecular complexity index is 527. The van der Waals surface area contributed by atoms with Gasteiger partial charge in [-0.3, -0.25) is 0 Å². The summed E-state index contributed by atoms with van der Waals surface area (Å²) in [4.78, 5) is 43.1. The van der Waals surface area contributed by atoms with Crippen LogP contribution < -0.4 is 4.74 Å². The number of esters is 2. The van der Waals surface area contributed by atoms with Gasteiger partial charge in [-0.2, -0.15) is 4.98 Å². The first-order chi connectivity index (χ1) is 9.45. The predicted octanol–water partition coefficient (Wildman–Crippen LogP) is -0.424. The van der Waals surface area contributed by atoms with Gasteiger partial charge in [-0.1, -0.05) is 0 Å². The lowest BCUT2D eigenvalue weighted by atomic mass is 9.85. The largest absolute Gasteiger partial charge is 0.481 e. The van der Waals surface area contributed by atoms with E-state index in [0.717, 1.165) is 14.2 Å². The van der Waals surface area contributed by atoms with Gasteiger partial charge in [-0.15, -0.1) is 0 Å². The molecule has 1 aromatic heterocycles. The minimum absolute atomic E-state index is 0.103. The Labute approximate surface area is 115 Å². The molecule has 1 aromatic rings. The summed E-state index contributed by atoms with van der Waals surface area (Å²) < 4.78 is 14.0. The van der Waals surface area contributed by atoms with Crippen LogP contribution in [0.4, 0.5) is 0 Å². The van der Waals surface area contributed by atoms with E-state index in [2.05, 4.69) is 19.4 Å². The lowest BCUT2D eigenvalue weighted by Gasteiger charge is -2.22. The smallest absolute Gasteiger partial charge is 0.336 e. The molecule has 0 unspecified atom stereocenters. The number of carbonyl (C=O) groups is 3. The summed E-state index contributed by atoms with van der Waals surface area (Å²) in [5, 5.41) is 0. The van der Waals surface area contributed by atoms with Gasteiger partial charge in [0, 0.05) is 6.07 Å². The van der Waals surface area contributed by atoms with Gasteiger partial charge in [0.05, 0.1) is 27.0 Å². The molecule has 0 aromatic carbocycles. The van der Waals surface area contributed by atoms with Crippen molar-refractivity contribution in [1.29, 1.82) is 0 Å². The summed E-state index contributed by atoms with van der Waals surface area (Å²) in [5.74, 6) is -1.87. The minimum Gasteiger partial charge on any atom is -0.481 e. The zero-order valence-electron chi connectivity index (χ0n) is 11.5. The van der Waals surface area contributed by atoms with Crippen molar-refractivity contribution in [3.63, 3.8) is 0 Å². The number of hydrogen-bond acceptors (Lipinski definition) is 8. The SMILES string of the molecule is COC(=O)C(C=O)(C(=O)OC)c1cc(OC)nc(C)n1. The molecule has 8 nitrogen and oxygen atoms in total. The maximum atomic E-state index is 11.9. The highest BCUT2D eigenvalue weighted by molar-refractivity contribution is 6.19. The van der Waals surface area contributed by atoms with E-state index in [1.165, 1.54) is 20.1 Å². The lowest BCUT2D eigenvalue weighted by molar-refractivity contribution is -0.162. The van der Waals surface area contributed by atoms with Crippen molar-refractivity contribution in [2.45, 2.75) is 12.3 Å². The molecule has 0 spiro atoms. The molecule has 108 valence electrons. The molecule has 20 heavy (non-hydrogen) atoms. The molecule has 0 aliphatic heterocycles. The fraction of sp³-hybridized carbons (Fsp3) is 0.417. The van der Waals surface area contributed by atoms with Crippen molar-refractivity contribution in [1.82, 2.24) is 9.97 Å². The molecule has 0 saturated carbocycles. The molecule has 1 rings (SSSR count). The summed E-state index contributed by atoms with van der Waals surface area (Å²) in [7, 11) is 3.45. The first-order valence-corrected chi connectivity index (χ1v) is 5.49. The average Bonchev–Trinajstić information content (AvgIpc) is 2.47. The van der Waals surface area contributed by atoms with E-state index in [4.69, 9.17) is 4.74 Å². The summed E-state index contributed by atoms with van der Waals surface area (Å²) in [5.41, 5.74) is -2.47. The van der Waals surface area contributed by atoms with Gasteiger partial charge in [0.15, 0.2) is 6.29 Å². The number of hydrogen-bond donors (Lipinski definition) is 0. The second kappa shape index (κ2) is 6.09. The summed E-state index contributed by atoms with van der Waals surface area (Å²) in [6, 6.07) is 1.20. The third-order valence-corrected chi connectivity index (χ3v) is 2.62. The zero-order valence-corrected chi connectivity index (χ0v) is 11.5. The van der Waals surface area contributed by atoms with Crippen LogP contribution in [0, 0.1) is 6.92 Å². The van der Waals surface area contributed by atoms with Crippen LogP contribution in [0.1, 0.15) is 11.5 Å². The fourth-order valence-electron chi connectivity index (χ4n) is 1.62. The highest BCUT2D eigenvalue weighted by Gasteiger charge is 2.52. The maximum absolute atomic E-state index is 11.9. The molecule has 0 N–H and O–H groups in total. The number of methoxy groups -OCH3 is 3. The number of rotatable bonds is 5. The molecule has 0 saturated heterocycles. The molecule has 1 heterocycles. The van der Waals surface area contributed by atoms with Crippen LogP contribution in [-0.2, 0) is 29.3 Å². The average molecular weight is 282 g/mol. The molecule has 0 radical (unpaired) electrons. The Hall–Kier alpha value is -2.51. The minimum atomic E-state index is -2.30. The number of carbonyl (C=O) groups excluding carboxylic acids is 3. The molecule has 0 bridgehead atoms. The number of aldehydes is 1. The van der Waals surface area contributed by atoms with Crippen molar-refractivity contribution in [3.8, 4) is 5.88 Å². The molecule has 0 amide bonds. The molecule has 0 fully saturated rings. The van der Waals surface area contributed by atoms with Crippen molar-refractivity contribution in [2.24, 2.45) is 0 Å². The van der Waals surface area contributed by atoms with Gasteiger partial charge in [-0.25, -0.2) is 14.6 Å². The molecule has 0 atom stereocenters. The van der Waals surface area contributed by atoms with Crippen molar-refractivity contribution in [2.75, 3.05) is 21.3 Å². The van der Waals surface area contributed by atoms with Gasteiger partial charge in [0.25, 0.3) is 5.41 Å². The topological polar surface area (TPSA) is 105 Å². The number of aromatic nitrogens is 2. The van der Waals surface area contributed by atoms with E-state index < -0.39 is 17.4 Å². The zero-order chi connectivity index (χ0) is 15.3. The second-order valence-electron chi connectivity index (χ2n) is 3.75. The van der Waals surface area contributed by atoms with Crippen LogP contribution in [0.25, 0.3) is 0 Å². The molecular formula is C12H14N2O6. The summed E-state index contributed by atoms with van der Waals surface area (Å²) >= 11 is 0. The van der Waals surface area contributed by atoms with E-state index >= 15 is 0 Å². The van der Waals surface area contributed by atoms with Gasteiger partial charge in [-0.05, 0) is 6.92 Å². The van der Waals surface area contributed by atoms with E-state index in [9.17, 15) is 14.4 Å². The van der Waals surface area contributed by atoms with Gasteiger partial charge < -0.3 is 19.0 Å². The molecular weight excluding hydrogens is 268 g/mol. The monoisotopic (exact) mass is 282 g/mol. The molecule has 0 aliphatic carbocycles. The maximum Gasteiger partial charge on any atom is 0.336 e. The first-order valence-electron chi connectivity index (χ1n) is 5.49. The first kappa shape index (κ1) is 15.5. The normalized spacial score (nSPS) is 10.6. The highest BCUT2D eigenvalue weighted by atomic mass is 16.5. The Morgan fingerprint density at radius 3 is 2.10 bits per heavy atom. The van der Waals surface area contributed by atoms with Gasteiger partial charge >= 0.3 is 11.9 Å². The van der Waals surface area contributed by atoms with Gasteiger partial charge in [0.1, 0.15) is 5.82 Å². The summed E-state index contributed by atoms with van der Waals surface area (Å²) in [6.45, 7) is 1.52.